The number of furan rings is 1. The van der Waals surface area contributed by atoms with Gasteiger partial charge in [0, 0.05) is 23.4 Å². The van der Waals surface area contributed by atoms with Gasteiger partial charge in [-0.2, -0.15) is 0 Å². The van der Waals surface area contributed by atoms with Crippen LogP contribution < -0.4 is 11.5 Å². The first kappa shape index (κ1) is 12.3. The van der Waals surface area contributed by atoms with Crippen LogP contribution >= 0.6 is 0 Å². The van der Waals surface area contributed by atoms with Gasteiger partial charge in [0.25, 0.3) is 0 Å². The molecule has 20 heavy (non-hydrogen) atoms. The third kappa shape index (κ3) is 1.67. The molecule has 0 spiro atoms. The van der Waals surface area contributed by atoms with Crippen molar-refractivity contribution in [3.05, 3.63) is 42.0 Å². The summed E-state index contributed by atoms with van der Waals surface area (Å²) in [7, 11) is 0. The molecule has 0 amide bonds. The first-order valence-corrected chi connectivity index (χ1v) is 5.55. The van der Waals surface area contributed by atoms with Crippen molar-refractivity contribution in [2.24, 2.45) is 0 Å². The molecule has 2 aromatic heterocycles. The molecule has 0 aliphatic carbocycles. The number of rotatable bonds is 1. The molecule has 0 saturated carbocycles. The van der Waals surface area contributed by atoms with Crippen molar-refractivity contribution in [2.75, 3.05) is 11.5 Å². The Labute approximate surface area is 110 Å². The topological polar surface area (TPSA) is 78.1 Å². The number of nitrogens with zero attached hydrogens (tertiary/aromatic N) is 1. The predicted octanol–water partition coefficient (Wildman–Crippen LogP) is 3.08. The first-order valence-electron chi connectivity index (χ1n) is 5.55. The van der Waals surface area contributed by atoms with E-state index in [1.807, 2.05) is 0 Å². The highest BCUT2D eigenvalue weighted by Crippen LogP contribution is 2.38. The third-order valence-electron chi connectivity index (χ3n) is 2.97. The molecule has 0 bridgehead atoms. The maximum atomic E-state index is 13.8. The van der Waals surface area contributed by atoms with E-state index < -0.39 is 17.5 Å². The van der Waals surface area contributed by atoms with Gasteiger partial charge >= 0.3 is 0 Å². The molecule has 0 radical (unpaired) electrons. The molecule has 7 heteroatoms. The summed E-state index contributed by atoms with van der Waals surface area (Å²) in [5.74, 6) is -3.42. The lowest BCUT2D eigenvalue weighted by Gasteiger charge is -2.06. The van der Waals surface area contributed by atoms with Crippen molar-refractivity contribution in [3.8, 4) is 11.1 Å². The lowest BCUT2D eigenvalue weighted by atomic mass is 10.0. The second-order valence-corrected chi connectivity index (χ2v) is 4.19. The lowest BCUT2D eigenvalue weighted by molar-refractivity contribution is 0.496. The molecular formula is C13H8F3N3O. The standard InChI is InChI=1S/C13H8F3N3O/c14-7-2-9(16)8(15)1-5(7)6-3-19-4-10-11(6)12(17)13(18)20-10/h1-4H,17-18H2. The second kappa shape index (κ2) is 4.16. The van der Waals surface area contributed by atoms with Crippen LogP contribution in [0.15, 0.2) is 28.9 Å². The van der Waals surface area contributed by atoms with Gasteiger partial charge in [0.15, 0.2) is 17.2 Å². The van der Waals surface area contributed by atoms with E-state index in [0.29, 0.717) is 11.5 Å². The molecule has 0 unspecified atom stereocenters. The molecule has 0 aliphatic heterocycles. The Kier molecular flexibility index (Phi) is 2.56. The summed E-state index contributed by atoms with van der Waals surface area (Å²) in [5, 5.41) is 0.308. The lowest BCUT2D eigenvalue weighted by Crippen LogP contribution is -1.94. The van der Waals surface area contributed by atoms with Crippen molar-refractivity contribution in [2.45, 2.75) is 0 Å². The maximum absolute atomic E-state index is 13.8. The Morgan fingerprint density at radius 3 is 2.35 bits per heavy atom. The van der Waals surface area contributed by atoms with Gasteiger partial charge in [-0.25, -0.2) is 13.2 Å². The summed E-state index contributed by atoms with van der Waals surface area (Å²) < 4.78 is 45.3. The summed E-state index contributed by atoms with van der Waals surface area (Å²) in [4.78, 5) is 3.85. The van der Waals surface area contributed by atoms with Gasteiger partial charge in [-0.15, -0.1) is 0 Å². The zero-order valence-electron chi connectivity index (χ0n) is 9.95. The van der Waals surface area contributed by atoms with Crippen molar-refractivity contribution >= 4 is 22.5 Å². The van der Waals surface area contributed by atoms with Gasteiger partial charge in [0.2, 0.25) is 5.88 Å². The summed E-state index contributed by atoms with van der Waals surface area (Å²) >= 11 is 0. The van der Waals surface area contributed by atoms with Crippen LogP contribution in [-0.4, -0.2) is 4.98 Å². The fourth-order valence-electron chi connectivity index (χ4n) is 2.03. The largest absolute Gasteiger partial charge is 0.437 e. The smallest absolute Gasteiger partial charge is 0.214 e. The number of hydrogen-bond acceptors (Lipinski definition) is 4. The molecule has 3 rings (SSSR count). The van der Waals surface area contributed by atoms with Crippen LogP contribution in [0.3, 0.4) is 0 Å². The minimum absolute atomic E-state index is 0.0442. The number of hydrogen-bond donors (Lipinski definition) is 2. The van der Waals surface area contributed by atoms with Crippen LogP contribution in [0.25, 0.3) is 22.1 Å². The van der Waals surface area contributed by atoms with Crippen LogP contribution in [-0.2, 0) is 0 Å². The van der Waals surface area contributed by atoms with E-state index in [1.54, 1.807) is 0 Å². The van der Waals surface area contributed by atoms with Crippen LogP contribution in [0.5, 0.6) is 0 Å². The van der Waals surface area contributed by atoms with Crippen molar-refractivity contribution in [1.29, 1.82) is 0 Å². The van der Waals surface area contributed by atoms with E-state index in [9.17, 15) is 13.2 Å². The Bertz CT molecular complexity index is 829. The van der Waals surface area contributed by atoms with E-state index in [2.05, 4.69) is 4.98 Å². The number of pyridine rings is 1. The highest BCUT2D eigenvalue weighted by molar-refractivity contribution is 6.04. The Hall–Kier alpha value is -2.70. The molecule has 4 nitrogen and oxygen atoms in total. The molecule has 3 aromatic rings. The fourth-order valence-corrected chi connectivity index (χ4v) is 2.03. The molecular weight excluding hydrogens is 271 g/mol. The minimum atomic E-state index is -1.27. The van der Waals surface area contributed by atoms with Crippen molar-refractivity contribution in [1.82, 2.24) is 4.98 Å². The van der Waals surface area contributed by atoms with Gasteiger partial charge < -0.3 is 15.9 Å². The first-order chi connectivity index (χ1) is 9.49. The number of nitrogens with two attached hydrogens (primary N) is 2. The number of aromatic nitrogens is 1. The molecule has 0 fully saturated rings. The number of fused-ring (bicyclic) bond motifs is 1. The van der Waals surface area contributed by atoms with E-state index in [4.69, 9.17) is 15.9 Å². The molecule has 0 aliphatic rings. The van der Waals surface area contributed by atoms with Crippen LogP contribution in [0.4, 0.5) is 24.7 Å². The monoisotopic (exact) mass is 279 g/mol. The predicted molar refractivity (Wildman–Crippen MR) is 68.1 cm³/mol. The zero-order valence-corrected chi connectivity index (χ0v) is 9.95. The summed E-state index contributed by atoms with van der Waals surface area (Å²) in [5.41, 5.74) is 11.6. The number of benzene rings is 1. The minimum Gasteiger partial charge on any atom is -0.437 e. The van der Waals surface area contributed by atoms with Crippen molar-refractivity contribution in [3.63, 3.8) is 0 Å². The molecule has 4 N–H and O–H groups in total. The number of anilines is 2. The van der Waals surface area contributed by atoms with Crippen LogP contribution in [0.1, 0.15) is 0 Å². The average molecular weight is 279 g/mol. The molecule has 0 atom stereocenters. The Balaban J connectivity index is 2.38. The summed E-state index contributed by atoms with van der Waals surface area (Å²) in [6, 6.07) is 1.20. The highest BCUT2D eigenvalue weighted by Gasteiger charge is 2.18. The van der Waals surface area contributed by atoms with Gasteiger partial charge in [-0.05, 0) is 6.07 Å². The Morgan fingerprint density at radius 1 is 0.900 bits per heavy atom. The van der Waals surface area contributed by atoms with Gasteiger partial charge in [0.1, 0.15) is 11.5 Å². The molecule has 0 saturated heterocycles. The van der Waals surface area contributed by atoms with Crippen LogP contribution in [0, 0.1) is 17.5 Å². The molecule has 102 valence electrons. The van der Waals surface area contributed by atoms with E-state index >= 15 is 0 Å². The molecule has 1 aromatic carbocycles. The number of nitrogen functional groups attached to an aromatic ring is 2. The van der Waals surface area contributed by atoms with E-state index in [-0.39, 0.29) is 28.3 Å². The fraction of sp³-hybridized carbons (Fsp3) is 0. The normalized spacial score (nSPS) is 11.2. The van der Waals surface area contributed by atoms with Gasteiger partial charge in [-0.3, -0.25) is 4.98 Å². The second-order valence-electron chi connectivity index (χ2n) is 4.19. The highest BCUT2D eigenvalue weighted by atomic mass is 19.2. The van der Waals surface area contributed by atoms with Gasteiger partial charge in [-0.1, -0.05) is 0 Å². The van der Waals surface area contributed by atoms with E-state index in [0.717, 1.165) is 6.07 Å². The summed E-state index contributed by atoms with van der Waals surface area (Å²) in [6.07, 6.45) is 2.63. The van der Waals surface area contributed by atoms with Crippen molar-refractivity contribution < 1.29 is 17.6 Å². The maximum Gasteiger partial charge on any atom is 0.214 e. The third-order valence-corrected chi connectivity index (χ3v) is 2.97. The molecule has 2 heterocycles. The number of halogens is 3. The van der Waals surface area contributed by atoms with E-state index in [1.165, 1.54) is 12.4 Å². The van der Waals surface area contributed by atoms with Gasteiger partial charge in [0.05, 0.1) is 11.6 Å². The quantitative estimate of drug-likeness (QED) is 0.671. The summed E-state index contributed by atoms with van der Waals surface area (Å²) in [6.45, 7) is 0. The SMILES string of the molecule is Nc1oc2cncc(-c3cc(F)c(F)cc3F)c2c1N. The Morgan fingerprint density at radius 2 is 1.60 bits per heavy atom. The zero-order chi connectivity index (χ0) is 14.4. The average Bonchev–Trinajstić information content (AvgIpc) is 2.70. The van der Waals surface area contributed by atoms with Crippen LogP contribution in [0.2, 0.25) is 0 Å².